The molecule has 0 fully saturated rings. The van der Waals surface area contributed by atoms with Crippen LogP contribution in [0.3, 0.4) is 0 Å². The summed E-state index contributed by atoms with van der Waals surface area (Å²) in [5.74, 6) is 0. The van der Waals surface area contributed by atoms with E-state index in [-0.39, 0.29) is 0 Å². The van der Waals surface area contributed by atoms with Gasteiger partial charge in [-0.25, -0.2) is 0 Å². The van der Waals surface area contributed by atoms with E-state index in [0.717, 1.165) is 26.1 Å². The van der Waals surface area contributed by atoms with Crippen molar-refractivity contribution in [1.29, 1.82) is 0 Å². The van der Waals surface area contributed by atoms with Gasteiger partial charge in [0.25, 0.3) is 0 Å². The molecule has 2 nitrogen and oxygen atoms in total. The Labute approximate surface area is 99.0 Å². The van der Waals surface area contributed by atoms with E-state index in [4.69, 9.17) is 4.74 Å². The molecule has 90 valence electrons. The molecule has 1 rings (SSSR count). The fourth-order valence-corrected chi connectivity index (χ4v) is 1.45. The highest BCUT2D eigenvalue weighted by molar-refractivity contribution is 5.20. The zero-order chi connectivity index (χ0) is 11.8. The molecule has 0 aliphatic rings. The van der Waals surface area contributed by atoms with Crippen LogP contribution in [0, 0.1) is 6.92 Å². The van der Waals surface area contributed by atoms with Crippen LogP contribution in [-0.2, 0) is 11.3 Å². The Morgan fingerprint density at radius 1 is 1.19 bits per heavy atom. The Hall–Kier alpha value is -0.860. The summed E-state index contributed by atoms with van der Waals surface area (Å²) < 4.78 is 5.47. The molecule has 1 N–H and O–H groups in total. The zero-order valence-electron chi connectivity index (χ0n) is 10.6. The smallest absolute Gasteiger partial charge is 0.0518 e. The fraction of sp³-hybridized carbons (Fsp3) is 0.571. The van der Waals surface area contributed by atoms with Crippen LogP contribution in [0.15, 0.2) is 24.3 Å². The number of hydrogen-bond donors (Lipinski definition) is 1. The largest absolute Gasteiger partial charge is 0.379 e. The van der Waals surface area contributed by atoms with Gasteiger partial charge >= 0.3 is 0 Å². The maximum Gasteiger partial charge on any atom is 0.0518 e. The lowest BCUT2D eigenvalue weighted by Gasteiger charge is -2.08. The Balaban J connectivity index is 2.05. The van der Waals surface area contributed by atoms with Gasteiger partial charge in [0.2, 0.25) is 0 Å². The van der Waals surface area contributed by atoms with Crippen molar-refractivity contribution in [3.63, 3.8) is 0 Å². The van der Waals surface area contributed by atoms with Gasteiger partial charge < -0.3 is 10.1 Å². The van der Waals surface area contributed by atoms with Crippen molar-refractivity contribution in [1.82, 2.24) is 5.32 Å². The monoisotopic (exact) mass is 221 g/mol. The summed E-state index contributed by atoms with van der Waals surface area (Å²) in [6.07, 6.45) is 1.42. The second-order valence-corrected chi connectivity index (χ2v) is 4.44. The van der Waals surface area contributed by atoms with Crippen molar-refractivity contribution in [3.05, 3.63) is 35.4 Å². The van der Waals surface area contributed by atoms with E-state index in [0.29, 0.717) is 6.10 Å². The molecule has 0 bridgehead atoms. The molecule has 0 heterocycles. The average Bonchev–Trinajstić information content (AvgIpc) is 2.25. The molecule has 0 aliphatic carbocycles. The van der Waals surface area contributed by atoms with Gasteiger partial charge in [-0.1, -0.05) is 29.8 Å². The molecule has 0 aliphatic heterocycles. The minimum absolute atomic E-state index is 0.345. The Kier molecular flexibility index (Phi) is 6.12. The second-order valence-electron chi connectivity index (χ2n) is 4.44. The van der Waals surface area contributed by atoms with Crippen LogP contribution >= 0.6 is 0 Å². The van der Waals surface area contributed by atoms with Gasteiger partial charge in [0.15, 0.2) is 0 Å². The molecular weight excluding hydrogens is 198 g/mol. The third kappa shape index (κ3) is 5.89. The molecular formula is C14H23NO. The fourth-order valence-electron chi connectivity index (χ4n) is 1.45. The molecule has 0 saturated heterocycles. The maximum atomic E-state index is 5.47. The Morgan fingerprint density at radius 3 is 2.50 bits per heavy atom. The van der Waals surface area contributed by atoms with Gasteiger partial charge in [0.05, 0.1) is 6.10 Å². The molecule has 0 unspecified atom stereocenters. The van der Waals surface area contributed by atoms with E-state index in [9.17, 15) is 0 Å². The number of benzene rings is 1. The summed E-state index contributed by atoms with van der Waals surface area (Å²) >= 11 is 0. The minimum Gasteiger partial charge on any atom is -0.379 e. The third-order valence-corrected chi connectivity index (χ3v) is 2.40. The molecule has 0 aromatic heterocycles. The van der Waals surface area contributed by atoms with Crippen molar-refractivity contribution in [2.45, 2.75) is 39.8 Å². The zero-order valence-corrected chi connectivity index (χ0v) is 10.6. The molecule has 0 spiro atoms. The highest BCUT2D eigenvalue weighted by Crippen LogP contribution is 2.02. The third-order valence-electron chi connectivity index (χ3n) is 2.40. The van der Waals surface area contributed by atoms with Gasteiger partial charge in [-0.3, -0.25) is 0 Å². The van der Waals surface area contributed by atoms with E-state index in [2.05, 4.69) is 50.4 Å². The molecule has 1 aromatic carbocycles. The molecule has 1 aromatic rings. The van der Waals surface area contributed by atoms with Gasteiger partial charge in [-0.2, -0.15) is 0 Å². The van der Waals surface area contributed by atoms with Gasteiger partial charge in [-0.15, -0.1) is 0 Å². The summed E-state index contributed by atoms with van der Waals surface area (Å²) in [6.45, 7) is 9.06. The molecule has 0 amide bonds. The number of nitrogens with one attached hydrogen (secondary N) is 1. The molecule has 0 atom stereocenters. The van der Waals surface area contributed by atoms with E-state index < -0.39 is 0 Å². The highest BCUT2D eigenvalue weighted by atomic mass is 16.5. The second kappa shape index (κ2) is 7.42. The topological polar surface area (TPSA) is 21.3 Å². The molecule has 2 heteroatoms. The van der Waals surface area contributed by atoms with Crippen molar-refractivity contribution in [2.24, 2.45) is 0 Å². The van der Waals surface area contributed by atoms with E-state index in [1.807, 2.05) is 0 Å². The Morgan fingerprint density at radius 2 is 1.88 bits per heavy atom. The van der Waals surface area contributed by atoms with Crippen LogP contribution < -0.4 is 5.32 Å². The average molecular weight is 221 g/mol. The number of aryl methyl sites for hydroxylation is 1. The van der Waals surface area contributed by atoms with Crippen molar-refractivity contribution in [3.8, 4) is 0 Å². The first kappa shape index (κ1) is 13.2. The number of rotatable bonds is 7. The van der Waals surface area contributed by atoms with Crippen molar-refractivity contribution >= 4 is 0 Å². The SMILES string of the molecule is Cc1ccc(CNCCCOC(C)C)cc1. The minimum atomic E-state index is 0.345. The van der Waals surface area contributed by atoms with Crippen molar-refractivity contribution in [2.75, 3.05) is 13.2 Å². The van der Waals surface area contributed by atoms with E-state index >= 15 is 0 Å². The lowest BCUT2D eigenvalue weighted by Crippen LogP contribution is -2.17. The van der Waals surface area contributed by atoms with E-state index in [1.165, 1.54) is 11.1 Å². The van der Waals surface area contributed by atoms with Crippen LogP contribution in [0.25, 0.3) is 0 Å². The van der Waals surface area contributed by atoms with Gasteiger partial charge in [-0.05, 0) is 39.3 Å². The highest BCUT2D eigenvalue weighted by Gasteiger charge is 1.94. The molecule has 0 saturated carbocycles. The van der Waals surface area contributed by atoms with Crippen LogP contribution in [-0.4, -0.2) is 19.3 Å². The van der Waals surface area contributed by atoms with Crippen molar-refractivity contribution < 1.29 is 4.74 Å². The quantitative estimate of drug-likeness (QED) is 0.715. The Bertz CT molecular complexity index is 279. The number of hydrogen-bond acceptors (Lipinski definition) is 2. The molecule has 0 radical (unpaired) electrons. The predicted molar refractivity (Wildman–Crippen MR) is 68.6 cm³/mol. The predicted octanol–water partition coefficient (Wildman–Crippen LogP) is 2.90. The summed E-state index contributed by atoms with van der Waals surface area (Å²) in [7, 11) is 0. The number of ether oxygens (including phenoxy) is 1. The first-order valence-electron chi connectivity index (χ1n) is 6.06. The van der Waals surface area contributed by atoms with Crippen LogP contribution in [0.1, 0.15) is 31.4 Å². The van der Waals surface area contributed by atoms with Crippen LogP contribution in [0.2, 0.25) is 0 Å². The summed E-state index contributed by atoms with van der Waals surface area (Å²) in [6, 6.07) is 8.65. The first-order chi connectivity index (χ1) is 7.68. The van der Waals surface area contributed by atoms with Crippen LogP contribution in [0.4, 0.5) is 0 Å². The standard InChI is InChI=1S/C14H23NO/c1-12(2)16-10-4-9-15-11-14-7-5-13(3)6-8-14/h5-8,12,15H,4,9-11H2,1-3H3. The van der Waals surface area contributed by atoms with Gasteiger partial charge in [0, 0.05) is 13.2 Å². The summed E-state index contributed by atoms with van der Waals surface area (Å²) in [4.78, 5) is 0. The van der Waals surface area contributed by atoms with E-state index in [1.54, 1.807) is 0 Å². The molecule has 16 heavy (non-hydrogen) atoms. The maximum absolute atomic E-state index is 5.47. The normalized spacial score (nSPS) is 11.0. The first-order valence-corrected chi connectivity index (χ1v) is 6.06. The summed E-state index contributed by atoms with van der Waals surface area (Å²) in [5.41, 5.74) is 2.66. The van der Waals surface area contributed by atoms with Crippen LogP contribution in [0.5, 0.6) is 0 Å². The van der Waals surface area contributed by atoms with Gasteiger partial charge in [0.1, 0.15) is 0 Å². The summed E-state index contributed by atoms with van der Waals surface area (Å²) in [5, 5.41) is 3.41. The lowest BCUT2D eigenvalue weighted by molar-refractivity contribution is 0.0770. The lowest BCUT2D eigenvalue weighted by atomic mass is 10.1.